The fourth-order valence-electron chi connectivity index (χ4n) is 1.68. The summed E-state index contributed by atoms with van der Waals surface area (Å²) in [6.07, 6.45) is 0.955. The molecule has 1 aromatic rings. The molecule has 5 heteroatoms. The van der Waals surface area contributed by atoms with Crippen molar-refractivity contribution in [3.8, 4) is 5.75 Å². The lowest BCUT2D eigenvalue weighted by Gasteiger charge is -2.23. The molecule has 19 heavy (non-hydrogen) atoms. The standard InChI is InChI=1S/C14H22N2O3/c1-14(2,9-17)16-13(18)7-5-10-4-6-12(19-3)11(15)8-10/h4,6,8,17H,5,7,9,15H2,1-3H3,(H,16,18). The van der Waals surface area contributed by atoms with E-state index in [1.54, 1.807) is 27.0 Å². The van der Waals surface area contributed by atoms with Crippen LogP contribution in [0.2, 0.25) is 0 Å². The summed E-state index contributed by atoms with van der Waals surface area (Å²) in [5, 5.41) is 11.8. The van der Waals surface area contributed by atoms with Crippen molar-refractivity contribution in [1.82, 2.24) is 5.32 Å². The van der Waals surface area contributed by atoms with Gasteiger partial charge < -0.3 is 20.9 Å². The summed E-state index contributed by atoms with van der Waals surface area (Å²) in [6.45, 7) is 3.46. The number of nitrogens with two attached hydrogens (primary N) is 1. The second-order valence-corrected chi connectivity index (χ2v) is 5.17. The van der Waals surface area contributed by atoms with Gasteiger partial charge in [-0.3, -0.25) is 4.79 Å². The third-order valence-corrected chi connectivity index (χ3v) is 2.81. The van der Waals surface area contributed by atoms with E-state index in [4.69, 9.17) is 15.6 Å². The fraction of sp³-hybridized carbons (Fsp3) is 0.500. The third-order valence-electron chi connectivity index (χ3n) is 2.81. The minimum Gasteiger partial charge on any atom is -0.495 e. The van der Waals surface area contributed by atoms with E-state index >= 15 is 0 Å². The van der Waals surface area contributed by atoms with Crippen LogP contribution >= 0.6 is 0 Å². The van der Waals surface area contributed by atoms with Crippen molar-refractivity contribution >= 4 is 11.6 Å². The molecule has 0 aliphatic carbocycles. The van der Waals surface area contributed by atoms with Gasteiger partial charge in [-0.05, 0) is 38.0 Å². The van der Waals surface area contributed by atoms with Crippen LogP contribution < -0.4 is 15.8 Å². The zero-order valence-electron chi connectivity index (χ0n) is 11.7. The van der Waals surface area contributed by atoms with E-state index in [9.17, 15) is 4.79 Å². The van der Waals surface area contributed by atoms with Gasteiger partial charge in [-0.15, -0.1) is 0 Å². The van der Waals surface area contributed by atoms with Crippen LogP contribution in [0, 0.1) is 0 Å². The molecular formula is C14H22N2O3. The minimum atomic E-state index is -0.587. The molecule has 0 bridgehead atoms. The van der Waals surface area contributed by atoms with Crippen LogP contribution in [0.1, 0.15) is 25.8 Å². The summed E-state index contributed by atoms with van der Waals surface area (Å²) in [7, 11) is 1.57. The summed E-state index contributed by atoms with van der Waals surface area (Å²) < 4.78 is 5.07. The SMILES string of the molecule is COc1ccc(CCC(=O)NC(C)(C)CO)cc1N. The number of nitrogen functional groups attached to an aromatic ring is 1. The van der Waals surface area contributed by atoms with Crippen LogP contribution in [-0.2, 0) is 11.2 Å². The molecule has 0 saturated heterocycles. The fourth-order valence-corrected chi connectivity index (χ4v) is 1.68. The first kappa shape index (κ1) is 15.3. The van der Waals surface area contributed by atoms with Gasteiger partial charge in [0.2, 0.25) is 5.91 Å². The molecule has 0 heterocycles. The van der Waals surface area contributed by atoms with E-state index < -0.39 is 5.54 Å². The number of ether oxygens (including phenoxy) is 1. The molecule has 4 N–H and O–H groups in total. The molecule has 0 radical (unpaired) electrons. The van der Waals surface area contributed by atoms with Crippen molar-refractivity contribution < 1.29 is 14.6 Å². The van der Waals surface area contributed by atoms with Crippen molar-refractivity contribution in [3.63, 3.8) is 0 Å². The van der Waals surface area contributed by atoms with Gasteiger partial charge >= 0.3 is 0 Å². The zero-order chi connectivity index (χ0) is 14.5. The van der Waals surface area contributed by atoms with Gasteiger partial charge in [-0.1, -0.05) is 6.07 Å². The number of benzene rings is 1. The Hall–Kier alpha value is -1.75. The Morgan fingerprint density at radius 2 is 2.16 bits per heavy atom. The first-order chi connectivity index (χ1) is 8.88. The summed E-state index contributed by atoms with van der Waals surface area (Å²) in [5.41, 5.74) is 6.76. The van der Waals surface area contributed by atoms with Gasteiger partial charge in [0.25, 0.3) is 0 Å². The lowest BCUT2D eigenvalue weighted by atomic mass is 10.1. The molecule has 0 aliphatic rings. The Bertz CT molecular complexity index is 444. The number of aliphatic hydroxyl groups excluding tert-OH is 1. The van der Waals surface area contributed by atoms with E-state index in [0.29, 0.717) is 24.3 Å². The van der Waals surface area contributed by atoms with Gasteiger partial charge in [0.1, 0.15) is 5.75 Å². The highest BCUT2D eigenvalue weighted by molar-refractivity contribution is 5.77. The molecule has 0 spiro atoms. The maximum Gasteiger partial charge on any atom is 0.220 e. The monoisotopic (exact) mass is 266 g/mol. The molecule has 106 valence electrons. The number of hydrogen-bond acceptors (Lipinski definition) is 4. The normalized spacial score (nSPS) is 11.2. The van der Waals surface area contributed by atoms with Crippen LogP contribution in [0.4, 0.5) is 5.69 Å². The number of rotatable bonds is 6. The number of anilines is 1. The predicted molar refractivity (Wildman–Crippen MR) is 75.0 cm³/mol. The molecule has 1 rings (SSSR count). The van der Waals surface area contributed by atoms with Gasteiger partial charge in [-0.25, -0.2) is 0 Å². The van der Waals surface area contributed by atoms with E-state index in [1.165, 1.54) is 0 Å². The van der Waals surface area contributed by atoms with Crippen molar-refractivity contribution in [2.45, 2.75) is 32.2 Å². The van der Waals surface area contributed by atoms with Crippen molar-refractivity contribution in [3.05, 3.63) is 23.8 Å². The first-order valence-electron chi connectivity index (χ1n) is 6.22. The number of methoxy groups -OCH3 is 1. The molecule has 0 saturated carbocycles. The molecule has 1 aromatic carbocycles. The Balaban J connectivity index is 2.53. The number of carbonyl (C=O) groups excluding carboxylic acids is 1. The molecule has 5 nitrogen and oxygen atoms in total. The summed E-state index contributed by atoms with van der Waals surface area (Å²) in [5.74, 6) is 0.544. The van der Waals surface area contributed by atoms with Gasteiger partial charge in [0.05, 0.1) is 24.9 Å². The second kappa shape index (κ2) is 6.43. The number of aryl methyl sites for hydroxylation is 1. The lowest BCUT2D eigenvalue weighted by Crippen LogP contribution is -2.46. The first-order valence-corrected chi connectivity index (χ1v) is 6.22. The summed E-state index contributed by atoms with van der Waals surface area (Å²) >= 11 is 0. The molecule has 0 aromatic heterocycles. The van der Waals surface area contributed by atoms with Gasteiger partial charge in [0, 0.05) is 6.42 Å². The van der Waals surface area contributed by atoms with E-state index in [1.807, 2.05) is 12.1 Å². The molecule has 0 atom stereocenters. The topological polar surface area (TPSA) is 84.6 Å². The van der Waals surface area contributed by atoms with E-state index in [-0.39, 0.29) is 12.5 Å². The lowest BCUT2D eigenvalue weighted by molar-refractivity contribution is -0.123. The van der Waals surface area contributed by atoms with Crippen LogP contribution in [0.5, 0.6) is 5.75 Å². The smallest absolute Gasteiger partial charge is 0.220 e. The van der Waals surface area contributed by atoms with Crippen LogP contribution in [0.25, 0.3) is 0 Å². The Kier molecular flexibility index (Phi) is 5.18. The largest absolute Gasteiger partial charge is 0.495 e. The van der Waals surface area contributed by atoms with Crippen LogP contribution in [0.3, 0.4) is 0 Å². The van der Waals surface area contributed by atoms with Gasteiger partial charge in [-0.2, -0.15) is 0 Å². The van der Waals surface area contributed by atoms with Crippen molar-refractivity contribution in [1.29, 1.82) is 0 Å². The Labute approximate surface area is 113 Å². The zero-order valence-corrected chi connectivity index (χ0v) is 11.7. The maximum atomic E-state index is 11.7. The quantitative estimate of drug-likeness (QED) is 0.673. The second-order valence-electron chi connectivity index (χ2n) is 5.17. The van der Waals surface area contributed by atoms with E-state index in [0.717, 1.165) is 5.56 Å². The van der Waals surface area contributed by atoms with Crippen LogP contribution in [-0.4, -0.2) is 30.3 Å². The average Bonchev–Trinajstić information content (AvgIpc) is 2.36. The Morgan fingerprint density at radius 1 is 1.47 bits per heavy atom. The summed E-state index contributed by atoms with van der Waals surface area (Å²) in [4.78, 5) is 11.7. The number of aliphatic hydroxyl groups is 1. The maximum absolute atomic E-state index is 11.7. The van der Waals surface area contributed by atoms with Gasteiger partial charge in [0.15, 0.2) is 0 Å². The number of nitrogens with one attached hydrogen (secondary N) is 1. The molecule has 0 aliphatic heterocycles. The molecule has 1 amide bonds. The average molecular weight is 266 g/mol. The summed E-state index contributed by atoms with van der Waals surface area (Å²) in [6, 6.07) is 5.49. The minimum absolute atomic E-state index is 0.0891. The van der Waals surface area contributed by atoms with Crippen molar-refractivity contribution in [2.24, 2.45) is 0 Å². The van der Waals surface area contributed by atoms with Crippen LogP contribution in [0.15, 0.2) is 18.2 Å². The number of amides is 1. The highest BCUT2D eigenvalue weighted by atomic mass is 16.5. The highest BCUT2D eigenvalue weighted by Crippen LogP contribution is 2.22. The Morgan fingerprint density at radius 3 is 2.68 bits per heavy atom. The predicted octanol–water partition coefficient (Wildman–Crippen LogP) is 1.10. The number of carbonyl (C=O) groups is 1. The molecule has 0 fully saturated rings. The molecular weight excluding hydrogens is 244 g/mol. The number of hydrogen-bond donors (Lipinski definition) is 3. The highest BCUT2D eigenvalue weighted by Gasteiger charge is 2.18. The van der Waals surface area contributed by atoms with E-state index in [2.05, 4.69) is 5.32 Å². The third kappa shape index (κ3) is 4.79. The molecule has 0 unspecified atom stereocenters. The van der Waals surface area contributed by atoms with Crippen molar-refractivity contribution in [2.75, 3.05) is 19.5 Å².